The molecule has 2 N–H and O–H groups in total. The molecule has 0 heterocycles. The number of hydrogen-bond donors (Lipinski definition) is 2. The van der Waals surface area contributed by atoms with Gasteiger partial charge in [-0.15, -0.1) is 0 Å². The molecule has 0 aliphatic heterocycles. The molecule has 7 heteroatoms. The van der Waals surface area contributed by atoms with Crippen LogP contribution >= 0.6 is 0 Å². The van der Waals surface area contributed by atoms with Crippen LogP contribution in [0.1, 0.15) is 32.3 Å². The van der Waals surface area contributed by atoms with Gasteiger partial charge < -0.3 is 19.9 Å². The monoisotopic (exact) mass is 389 g/mol. The Morgan fingerprint density at radius 2 is 1.64 bits per heavy atom. The first-order chi connectivity index (χ1) is 13.3. The molecule has 2 aromatic carbocycles. The Labute approximate surface area is 163 Å². The van der Waals surface area contributed by atoms with E-state index in [1.807, 2.05) is 12.1 Å². The summed E-state index contributed by atoms with van der Waals surface area (Å²) in [7, 11) is 0. The zero-order chi connectivity index (χ0) is 20.6. The zero-order valence-corrected chi connectivity index (χ0v) is 15.9. The predicted octanol–water partition coefficient (Wildman–Crippen LogP) is 3.54. The Kier molecular flexibility index (Phi) is 7.37. The second-order valence-electron chi connectivity index (χ2n) is 6.74. The molecular formula is C21H24FNO5. The predicted molar refractivity (Wildman–Crippen MR) is 102 cm³/mol. The van der Waals surface area contributed by atoms with Gasteiger partial charge >= 0.3 is 5.97 Å². The van der Waals surface area contributed by atoms with Gasteiger partial charge in [0.15, 0.2) is 5.60 Å². The molecular weight excluding hydrogens is 365 g/mol. The van der Waals surface area contributed by atoms with Crippen molar-refractivity contribution in [1.29, 1.82) is 0 Å². The van der Waals surface area contributed by atoms with Crippen molar-refractivity contribution < 1.29 is 28.6 Å². The first-order valence-corrected chi connectivity index (χ1v) is 8.93. The van der Waals surface area contributed by atoms with E-state index < -0.39 is 11.6 Å². The first-order valence-electron chi connectivity index (χ1n) is 8.93. The third-order valence-corrected chi connectivity index (χ3v) is 3.91. The number of carbonyl (C=O) groups is 2. The average Bonchev–Trinajstić information content (AvgIpc) is 2.65. The summed E-state index contributed by atoms with van der Waals surface area (Å²) in [6.07, 6.45) is 0.510. The number of amides is 1. The third-order valence-electron chi connectivity index (χ3n) is 3.91. The fourth-order valence-corrected chi connectivity index (χ4v) is 2.36. The maximum absolute atomic E-state index is 13.0. The lowest BCUT2D eigenvalue weighted by Gasteiger charge is -2.25. The molecule has 150 valence electrons. The molecule has 0 atom stereocenters. The summed E-state index contributed by atoms with van der Waals surface area (Å²) in [4.78, 5) is 22.9. The van der Waals surface area contributed by atoms with Crippen LogP contribution in [0.5, 0.6) is 11.5 Å². The molecule has 0 saturated heterocycles. The van der Waals surface area contributed by atoms with E-state index in [0.29, 0.717) is 31.1 Å². The van der Waals surface area contributed by atoms with Crippen molar-refractivity contribution in [3.63, 3.8) is 0 Å². The third kappa shape index (κ3) is 6.90. The summed E-state index contributed by atoms with van der Waals surface area (Å²) >= 11 is 0. The minimum atomic E-state index is -1.12. The van der Waals surface area contributed by atoms with Gasteiger partial charge in [0.1, 0.15) is 17.3 Å². The van der Waals surface area contributed by atoms with Crippen LogP contribution in [-0.2, 0) is 16.1 Å². The van der Waals surface area contributed by atoms with Crippen molar-refractivity contribution in [3.8, 4) is 11.5 Å². The maximum atomic E-state index is 13.0. The van der Waals surface area contributed by atoms with Gasteiger partial charge in [0.05, 0.1) is 6.61 Å². The van der Waals surface area contributed by atoms with E-state index in [1.165, 1.54) is 24.3 Å². The number of carboxylic acids is 1. The van der Waals surface area contributed by atoms with Gasteiger partial charge in [0, 0.05) is 13.0 Å². The first kappa shape index (κ1) is 21.2. The van der Waals surface area contributed by atoms with Crippen LogP contribution < -0.4 is 14.8 Å². The van der Waals surface area contributed by atoms with Crippen molar-refractivity contribution in [2.45, 2.75) is 38.8 Å². The number of benzene rings is 2. The Hall–Kier alpha value is -3.09. The van der Waals surface area contributed by atoms with Gasteiger partial charge in [-0.25, -0.2) is 4.39 Å². The highest BCUT2D eigenvalue weighted by atomic mass is 19.1. The molecule has 0 unspecified atom stereocenters. The van der Waals surface area contributed by atoms with Crippen LogP contribution in [0.25, 0.3) is 0 Å². The summed E-state index contributed by atoms with van der Waals surface area (Å²) in [6.45, 7) is 3.92. The number of halogens is 1. The molecule has 0 aromatic heterocycles. The smallest absolute Gasteiger partial charge is 0.303 e. The molecule has 28 heavy (non-hydrogen) atoms. The summed E-state index contributed by atoms with van der Waals surface area (Å²) in [5.74, 6) is -0.470. The summed E-state index contributed by atoms with van der Waals surface area (Å²) < 4.78 is 24.1. The van der Waals surface area contributed by atoms with Crippen LogP contribution in [0.4, 0.5) is 4.39 Å². The summed E-state index contributed by atoms with van der Waals surface area (Å²) in [5.41, 5.74) is -0.241. The van der Waals surface area contributed by atoms with Crippen molar-refractivity contribution in [2.24, 2.45) is 0 Å². The van der Waals surface area contributed by atoms with Crippen molar-refractivity contribution in [2.75, 3.05) is 6.61 Å². The van der Waals surface area contributed by atoms with Gasteiger partial charge in [0.25, 0.3) is 5.91 Å². The molecule has 2 aromatic rings. The Morgan fingerprint density at radius 1 is 1.04 bits per heavy atom. The standard InChI is InChI=1S/C21H24FNO5/c1-21(2,28-18-11-7-16(22)8-12-18)20(26)23-14-15-5-9-17(10-6-15)27-13-3-4-19(24)25/h5-12H,3-4,13-14H2,1-2H3,(H,23,26)(H,24,25). The van der Waals surface area contributed by atoms with Gasteiger partial charge in [-0.05, 0) is 62.2 Å². The average molecular weight is 389 g/mol. The minimum Gasteiger partial charge on any atom is -0.494 e. The molecule has 0 saturated carbocycles. The maximum Gasteiger partial charge on any atom is 0.303 e. The number of aliphatic carboxylic acids is 1. The molecule has 0 aliphatic carbocycles. The quantitative estimate of drug-likeness (QED) is 0.607. The molecule has 0 aliphatic rings. The van der Waals surface area contributed by atoms with E-state index in [2.05, 4.69) is 5.32 Å². The number of ether oxygens (including phenoxy) is 2. The number of rotatable bonds is 10. The Bertz CT molecular complexity index is 787. The number of nitrogens with one attached hydrogen (secondary N) is 1. The highest BCUT2D eigenvalue weighted by molar-refractivity contribution is 5.84. The van der Waals surface area contributed by atoms with Crippen LogP contribution in [0.3, 0.4) is 0 Å². The molecule has 6 nitrogen and oxygen atoms in total. The van der Waals surface area contributed by atoms with Crippen molar-refractivity contribution >= 4 is 11.9 Å². The Morgan fingerprint density at radius 3 is 2.25 bits per heavy atom. The molecule has 1 amide bonds. The lowest BCUT2D eigenvalue weighted by Crippen LogP contribution is -2.46. The fraction of sp³-hybridized carbons (Fsp3) is 0.333. The van der Waals surface area contributed by atoms with E-state index in [0.717, 1.165) is 5.56 Å². The van der Waals surface area contributed by atoms with E-state index >= 15 is 0 Å². The van der Waals surface area contributed by atoms with Gasteiger partial charge in [0.2, 0.25) is 0 Å². The highest BCUT2D eigenvalue weighted by Crippen LogP contribution is 2.19. The molecule has 0 radical (unpaired) electrons. The lowest BCUT2D eigenvalue weighted by atomic mass is 10.1. The number of carboxylic acid groups (broad SMARTS) is 1. The Balaban J connectivity index is 1.80. The van der Waals surface area contributed by atoms with Crippen LogP contribution in [0.15, 0.2) is 48.5 Å². The molecule has 0 fully saturated rings. The highest BCUT2D eigenvalue weighted by Gasteiger charge is 2.29. The van der Waals surface area contributed by atoms with E-state index in [-0.39, 0.29) is 18.1 Å². The van der Waals surface area contributed by atoms with E-state index in [1.54, 1.807) is 26.0 Å². The van der Waals surface area contributed by atoms with Crippen molar-refractivity contribution in [3.05, 3.63) is 59.9 Å². The number of carbonyl (C=O) groups excluding carboxylic acids is 1. The van der Waals surface area contributed by atoms with Crippen LogP contribution in [-0.4, -0.2) is 29.2 Å². The second-order valence-corrected chi connectivity index (χ2v) is 6.74. The zero-order valence-electron chi connectivity index (χ0n) is 15.9. The fourth-order valence-electron chi connectivity index (χ4n) is 2.36. The summed E-state index contributed by atoms with van der Waals surface area (Å²) in [5, 5.41) is 11.4. The summed E-state index contributed by atoms with van der Waals surface area (Å²) in [6, 6.07) is 12.7. The van der Waals surface area contributed by atoms with Gasteiger partial charge in [-0.3, -0.25) is 9.59 Å². The largest absolute Gasteiger partial charge is 0.494 e. The number of hydrogen-bond acceptors (Lipinski definition) is 4. The molecule has 0 bridgehead atoms. The SMILES string of the molecule is CC(C)(Oc1ccc(F)cc1)C(=O)NCc1ccc(OCCCC(=O)O)cc1. The van der Waals surface area contributed by atoms with Gasteiger partial charge in [-0.2, -0.15) is 0 Å². The molecule has 2 rings (SSSR count). The van der Waals surface area contributed by atoms with Crippen LogP contribution in [0, 0.1) is 5.82 Å². The van der Waals surface area contributed by atoms with Gasteiger partial charge in [-0.1, -0.05) is 12.1 Å². The topological polar surface area (TPSA) is 84.9 Å². The van der Waals surface area contributed by atoms with E-state index in [9.17, 15) is 14.0 Å². The van der Waals surface area contributed by atoms with Crippen molar-refractivity contribution in [1.82, 2.24) is 5.32 Å². The van der Waals surface area contributed by atoms with E-state index in [4.69, 9.17) is 14.6 Å². The van der Waals surface area contributed by atoms with Crippen LogP contribution in [0.2, 0.25) is 0 Å². The second kappa shape index (κ2) is 9.73. The molecule has 0 spiro atoms. The lowest BCUT2D eigenvalue weighted by molar-refractivity contribution is -0.137. The normalized spacial score (nSPS) is 11.0. The minimum absolute atomic E-state index is 0.0693.